The summed E-state index contributed by atoms with van der Waals surface area (Å²) in [4.78, 5) is 2.53. The topological polar surface area (TPSA) is 112 Å². The van der Waals surface area contributed by atoms with E-state index < -0.39 is 11.3 Å². The highest BCUT2D eigenvalue weighted by Gasteiger charge is 2.75. The van der Waals surface area contributed by atoms with Gasteiger partial charge in [-0.25, -0.2) is 4.90 Å². The molecule has 4 aliphatic rings. The van der Waals surface area contributed by atoms with E-state index in [0.29, 0.717) is 61.9 Å². The van der Waals surface area contributed by atoms with Crippen molar-refractivity contribution in [2.45, 2.75) is 43.4 Å². The van der Waals surface area contributed by atoms with Gasteiger partial charge in [-0.2, -0.15) is 4.74 Å². The number of hydrogen-bond donors (Lipinski definition) is 1. The number of fused-ring (bicyclic) bond motifs is 5. The molecule has 3 heterocycles. The molecule has 2 aliphatic carbocycles. The summed E-state index contributed by atoms with van der Waals surface area (Å²) in [6.45, 7) is 2.52. The molecule has 0 aromatic carbocycles. The zero-order valence-corrected chi connectivity index (χ0v) is 13.3. The number of hydroxylamine groups is 1. The Morgan fingerprint density at radius 2 is 2.04 bits per heavy atom. The maximum Gasteiger partial charge on any atom is 0.263 e. The fourth-order valence-electron chi connectivity index (χ4n) is 5.40. The fraction of sp³-hybridized carbons (Fsp3) is 0.800. The molecule has 0 unspecified atom stereocenters. The Bertz CT molecular complexity index is 727. The molecular formula is C15H20N4O5. The summed E-state index contributed by atoms with van der Waals surface area (Å²) in [5, 5.41) is 40.6. The Morgan fingerprint density at radius 3 is 2.83 bits per heavy atom. The summed E-state index contributed by atoms with van der Waals surface area (Å²) in [6.07, 6.45) is 3.02. The predicted molar refractivity (Wildman–Crippen MR) is 78.8 cm³/mol. The van der Waals surface area contributed by atoms with Crippen LogP contribution >= 0.6 is 0 Å². The Morgan fingerprint density at radius 1 is 1.25 bits per heavy atom. The standard InChI is InChI=1S/C15H20N4O5/c20-15-11-2-1-5-14(11,17-6-8-23-9-7-17)18(21)12(15)4-3-10-13(15)16-24-19(10)22/h11,20H,1-9H2/t11-,14-,15+/m1/s1. The molecule has 2 aliphatic heterocycles. The van der Waals surface area contributed by atoms with Gasteiger partial charge in [0.05, 0.1) is 19.1 Å². The zero-order valence-electron chi connectivity index (χ0n) is 13.3. The molecule has 1 aromatic rings. The van der Waals surface area contributed by atoms with E-state index in [4.69, 9.17) is 9.37 Å². The van der Waals surface area contributed by atoms with Crippen LogP contribution in [0.1, 0.15) is 37.1 Å². The highest BCUT2D eigenvalue weighted by molar-refractivity contribution is 5.92. The average Bonchev–Trinajstić information content (AvgIpc) is 3.25. The predicted octanol–water partition coefficient (Wildman–Crippen LogP) is -0.765. The minimum atomic E-state index is -1.50. The molecule has 2 fully saturated rings. The quantitative estimate of drug-likeness (QED) is 0.530. The maximum atomic E-state index is 13.4. The minimum absolute atomic E-state index is 0.238. The minimum Gasteiger partial charge on any atom is -0.622 e. The van der Waals surface area contributed by atoms with Crippen molar-refractivity contribution in [2.75, 3.05) is 26.3 Å². The third kappa shape index (κ3) is 1.49. The van der Waals surface area contributed by atoms with Crippen LogP contribution in [0.5, 0.6) is 0 Å². The molecule has 24 heavy (non-hydrogen) atoms. The Hall–Kier alpha value is -1.71. The van der Waals surface area contributed by atoms with E-state index in [-0.39, 0.29) is 11.6 Å². The lowest BCUT2D eigenvalue weighted by Crippen LogP contribution is -2.60. The van der Waals surface area contributed by atoms with Crippen LogP contribution in [-0.4, -0.2) is 57.6 Å². The Balaban J connectivity index is 1.69. The molecule has 9 heteroatoms. The SMILES string of the molecule is [O-][N+]1=C2CCc3c(no[n+]3[O-])[C@]2(O)[C@@H]2CCC[C@]21N1CCOCC1. The molecule has 9 nitrogen and oxygen atoms in total. The van der Waals surface area contributed by atoms with E-state index in [0.717, 1.165) is 17.6 Å². The fourth-order valence-corrected chi connectivity index (χ4v) is 5.40. The van der Waals surface area contributed by atoms with Crippen LogP contribution in [0.25, 0.3) is 0 Å². The van der Waals surface area contributed by atoms with Crippen molar-refractivity contribution in [2.24, 2.45) is 5.92 Å². The second kappa shape index (κ2) is 4.68. The number of hydrogen-bond acceptors (Lipinski definition) is 7. The van der Waals surface area contributed by atoms with Gasteiger partial charge >= 0.3 is 0 Å². The van der Waals surface area contributed by atoms with E-state index in [1.165, 1.54) is 0 Å². The van der Waals surface area contributed by atoms with Gasteiger partial charge in [0.2, 0.25) is 22.7 Å². The van der Waals surface area contributed by atoms with Crippen LogP contribution in [0, 0.1) is 16.3 Å². The maximum absolute atomic E-state index is 13.4. The lowest BCUT2D eigenvalue weighted by molar-refractivity contribution is -0.808. The van der Waals surface area contributed by atoms with E-state index in [1.807, 2.05) is 0 Å². The lowest BCUT2D eigenvalue weighted by Gasteiger charge is -2.41. The molecule has 130 valence electrons. The van der Waals surface area contributed by atoms with Crippen molar-refractivity contribution in [3.05, 3.63) is 21.8 Å². The van der Waals surface area contributed by atoms with E-state index in [9.17, 15) is 15.5 Å². The summed E-state index contributed by atoms with van der Waals surface area (Å²) in [6, 6.07) is 0. The number of morpholine rings is 1. The molecule has 1 aromatic heterocycles. The van der Waals surface area contributed by atoms with Gasteiger partial charge in [-0.15, -0.1) is 0 Å². The normalized spacial score (nSPS) is 39.0. The summed E-state index contributed by atoms with van der Waals surface area (Å²) in [5.74, 6) is -0.306. The summed E-state index contributed by atoms with van der Waals surface area (Å²) in [5.41, 5.74) is -1.24. The average molecular weight is 336 g/mol. The van der Waals surface area contributed by atoms with Gasteiger partial charge in [0, 0.05) is 37.5 Å². The van der Waals surface area contributed by atoms with Crippen LogP contribution in [-0.2, 0) is 16.8 Å². The highest BCUT2D eigenvalue weighted by atomic mass is 16.8. The number of aliphatic hydroxyl groups is 1. The Kier molecular flexibility index (Phi) is 2.85. The smallest absolute Gasteiger partial charge is 0.263 e. The van der Waals surface area contributed by atoms with Gasteiger partial charge in [0.15, 0.2) is 0 Å². The molecule has 3 atom stereocenters. The molecule has 0 radical (unpaired) electrons. The molecule has 0 bridgehead atoms. The number of rotatable bonds is 1. The molecule has 0 amide bonds. The van der Waals surface area contributed by atoms with Gasteiger partial charge in [-0.05, 0) is 17.7 Å². The number of nitrogens with zero attached hydrogens (tertiary/aromatic N) is 4. The Labute approximate surface area is 138 Å². The molecule has 1 saturated heterocycles. The molecule has 1 N–H and O–H groups in total. The van der Waals surface area contributed by atoms with Crippen LogP contribution in [0.2, 0.25) is 0 Å². The first kappa shape index (κ1) is 14.6. The van der Waals surface area contributed by atoms with Crippen molar-refractivity contribution in [1.29, 1.82) is 0 Å². The van der Waals surface area contributed by atoms with Gasteiger partial charge in [0.25, 0.3) is 5.69 Å². The zero-order chi connectivity index (χ0) is 16.5. The molecule has 0 spiro atoms. The van der Waals surface area contributed by atoms with Crippen LogP contribution in [0.3, 0.4) is 0 Å². The van der Waals surface area contributed by atoms with Crippen molar-refractivity contribution in [1.82, 2.24) is 10.1 Å². The van der Waals surface area contributed by atoms with E-state index in [2.05, 4.69) is 10.1 Å². The third-order valence-electron chi connectivity index (χ3n) is 6.36. The molecule has 5 rings (SSSR count). The highest BCUT2D eigenvalue weighted by Crippen LogP contribution is 2.56. The van der Waals surface area contributed by atoms with Crippen molar-refractivity contribution in [3.8, 4) is 0 Å². The second-order valence-electron chi connectivity index (χ2n) is 7.16. The summed E-state index contributed by atoms with van der Waals surface area (Å²) in [7, 11) is 0. The largest absolute Gasteiger partial charge is 0.622 e. The van der Waals surface area contributed by atoms with Crippen LogP contribution in [0.15, 0.2) is 4.63 Å². The van der Waals surface area contributed by atoms with E-state index in [1.54, 1.807) is 0 Å². The number of aromatic nitrogens is 2. The first-order valence-electron chi connectivity index (χ1n) is 8.58. The lowest BCUT2D eigenvalue weighted by atomic mass is 9.73. The van der Waals surface area contributed by atoms with Gasteiger partial charge in [-0.3, -0.25) is 4.63 Å². The second-order valence-corrected chi connectivity index (χ2v) is 7.16. The van der Waals surface area contributed by atoms with Crippen LogP contribution in [0.4, 0.5) is 0 Å². The first-order chi connectivity index (χ1) is 11.6. The van der Waals surface area contributed by atoms with Gasteiger partial charge in [-0.1, -0.05) is 0 Å². The van der Waals surface area contributed by atoms with Gasteiger partial charge in [0.1, 0.15) is 0 Å². The third-order valence-corrected chi connectivity index (χ3v) is 6.36. The first-order valence-corrected chi connectivity index (χ1v) is 8.58. The van der Waals surface area contributed by atoms with Crippen molar-refractivity contribution in [3.63, 3.8) is 0 Å². The number of ether oxygens (including phenoxy) is 1. The summed E-state index contributed by atoms with van der Waals surface area (Å²) < 4.78 is 11.2. The van der Waals surface area contributed by atoms with E-state index >= 15 is 0 Å². The van der Waals surface area contributed by atoms with Crippen LogP contribution < -0.4 is 4.90 Å². The van der Waals surface area contributed by atoms with Crippen molar-refractivity contribution < 1.29 is 24.1 Å². The molecular weight excluding hydrogens is 316 g/mol. The molecule has 1 saturated carbocycles. The monoisotopic (exact) mass is 336 g/mol. The van der Waals surface area contributed by atoms with Crippen molar-refractivity contribution >= 4 is 5.71 Å². The summed E-state index contributed by atoms with van der Waals surface area (Å²) >= 11 is 0. The van der Waals surface area contributed by atoms with Gasteiger partial charge < -0.3 is 20.3 Å².